The van der Waals surface area contributed by atoms with E-state index < -0.39 is 0 Å². The summed E-state index contributed by atoms with van der Waals surface area (Å²) in [5, 5.41) is 3.58. The zero-order valence-electron chi connectivity index (χ0n) is 11.0. The SMILES string of the molecule is CC(C)(C)NCC1(Cc2ccc(F)cc2)CC1. The minimum Gasteiger partial charge on any atom is -0.312 e. The summed E-state index contributed by atoms with van der Waals surface area (Å²) < 4.78 is 12.8. The maximum atomic E-state index is 12.8. The Morgan fingerprint density at radius 3 is 2.24 bits per heavy atom. The van der Waals surface area contributed by atoms with Crippen LogP contribution in [-0.2, 0) is 6.42 Å². The second kappa shape index (κ2) is 4.41. The van der Waals surface area contributed by atoms with Crippen molar-refractivity contribution in [1.29, 1.82) is 0 Å². The fourth-order valence-corrected chi connectivity index (χ4v) is 2.08. The molecule has 0 aliphatic heterocycles. The van der Waals surface area contributed by atoms with Crippen molar-refractivity contribution < 1.29 is 4.39 Å². The summed E-state index contributed by atoms with van der Waals surface area (Å²) in [4.78, 5) is 0. The lowest BCUT2D eigenvalue weighted by Crippen LogP contribution is -2.40. The van der Waals surface area contributed by atoms with E-state index in [1.165, 1.54) is 18.4 Å². The zero-order chi connectivity index (χ0) is 12.5. The van der Waals surface area contributed by atoms with Crippen LogP contribution in [0.1, 0.15) is 39.2 Å². The van der Waals surface area contributed by atoms with E-state index in [-0.39, 0.29) is 11.4 Å². The van der Waals surface area contributed by atoms with Crippen molar-refractivity contribution >= 4 is 0 Å². The molecule has 2 rings (SSSR count). The normalized spacial score (nSPS) is 18.1. The predicted molar refractivity (Wildman–Crippen MR) is 69.5 cm³/mol. The standard InChI is InChI=1S/C15H22FN/c1-14(2,3)17-11-15(8-9-15)10-12-4-6-13(16)7-5-12/h4-7,17H,8-11H2,1-3H3. The van der Waals surface area contributed by atoms with E-state index in [9.17, 15) is 4.39 Å². The Bertz CT molecular complexity index is 371. The van der Waals surface area contributed by atoms with Gasteiger partial charge in [0.1, 0.15) is 5.82 Å². The highest BCUT2D eigenvalue weighted by molar-refractivity contribution is 5.20. The van der Waals surface area contributed by atoms with Gasteiger partial charge in [0.15, 0.2) is 0 Å². The van der Waals surface area contributed by atoms with Crippen LogP contribution in [0.3, 0.4) is 0 Å². The van der Waals surface area contributed by atoms with E-state index >= 15 is 0 Å². The van der Waals surface area contributed by atoms with Gasteiger partial charge in [-0.25, -0.2) is 4.39 Å². The smallest absolute Gasteiger partial charge is 0.123 e. The molecule has 0 amide bonds. The molecule has 0 spiro atoms. The maximum absolute atomic E-state index is 12.8. The predicted octanol–water partition coefficient (Wildman–Crippen LogP) is 3.54. The van der Waals surface area contributed by atoms with Gasteiger partial charge in [-0.1, -0.05) is 12.1 Å². The molecule has 1 aliphatic rings. The van der Waals surface area contributed by atoms with Crippen molar-refractivity contribution in [2.24, 2.45) is 5.41 Å². The van der Waals surface area contributed by atoms with E-state index in [0.29, 0.717) is 5.41 Å². The lowest BCUT2D eigenvalue weighted by Gasteiger charge is -2.25. The molecule has 1 aromatic carbocycles. The Balaban J connectivity index is 1.92. The number of rotatable bonds is 4. The summed E-state index contributed by atoms with van der Waals surface area (Å²) in [5.74, 6) is -0.147. The average molecular weight is 235 g/mol. The van der Waals surface area contributed by atoms with Crippen LogP contribution in [0.25, 0.3) is 0 Å². The molecule has 1 aliphatic carbocycles. The monoisotopic (exact) mass is 235 g/mol. The highest BCUT2D eigenvalue weighted by atomic mass is 19.1. The molecule has 0 aromatic heterocycles. The second-order valence-corrected chi connectivity index (χ2v) is 6.41. The maximum Gasteiger partial charge on any atom is 0.123 e. The number of benzene rings is 1. The first-order valence-corrected chi connectivity index (χ1v) is 6.38. The first-order chi connectivity index (χ1) is 7.89. The highest BCUT2D eigenvalue weighted by Gasteiger charge is 2.42. The molecule has 1 aromatic rings. The van der Waals surface area contributed by atoms with Crippen molar-refractivity contribution in [2.45, 2.75) is 45.6 Å². The molecule has 17 heavy (non-hydrogen) atoms. The van der Waals surface area contributed by atoms with E-state index in [1.807, 2.05) is 12.1 Å². The molecule has 1 fully saturated rings. The van der Waals surface area contributed by atoms with Gasteiger partial charge >= 0.3 is 0 Å². The van der Waals surface area contributed by atoms with Crippen molar-refractivity contribution in [1.82, 2.24) is 5.32 Å². The van der Waals surface area contributed by atoms with Gasteiger partial charge in [0.25, 0.3) is 0 Å². The van der Waals surface area contributed by atoms with Crippen LogP contribution in [0.15, 0.2) is 24.3 Å². The quantitative estimate of drug-likeness (QED) is 0.841. The van der Waals surface area contributed by atoms with Crippen LogP contribution in [0.5, 0.6) is 0 Å². The van der Waals surface area contributed by atoms with Gasteiger partial charge in [0, 0.05) is 12.1 Å². The number of hydrogen-bond acceptors (Lipinski definition) is 1. The van der Waals surface area contributed by atoms with Crippen LogP contribution < -0.4 is 5.32 Å². The van der Waals surface area contributed by atoms with Crippen molar-refractivity contribution in [3.8, 4) is 0 Å². The fraction of sp³-hybridized carbons (Fsp3) is 0.600. The van der Waals surface area contributed by atoms with Gasteiger partial charge in [-0.15, -0.1) is 0 Å². The first-order valence-electron chi connectivity index (χ1n) is 6.38. The fourth-order valence-electron chi connectivity index (χ4n) is 2.08. The third-order valence-electron chi connectivity index (χ3n) is 3.44. The van der Waals surface area contributed by atoms with Gasteiger partial charge in [-0.2, -0.15) is 0 Å². The minimum atomic E-state index is -0.147. The Morgan fingerprint density at radius 1 is 1.18 bits per heavy atom. The molecule has 0 radical (unpaired) electrons. The largest absolute Gasteiger partial charge is 0.312 e. The molecule has 0 heterocycles. The number of nitrogens with one attached hydrogen (secondary N) is 1. The summed E-state index contributed by atoms with van der Waals surface area (Å²) in [6.45, 7) is 7.65. The summed E-state index contributed by atoms with van der Waals surface area (Å²) in [5.41, 5.74) is 1.85. The highest BCUT2D eigenvalue weighted by Crippen LogP contribution is 2.48. The molecule has 1 nitrogen and oxygen atoms in total. The summed E-state index contributed by atoms with van der Waals surface area (Å²) in [6.07, 6.45) is 3.64. The van der Waals surface area contributed by atoms with E-state index in [2.05, 4.69) is 26.1 Å². The third-order valence-corrected chi connectivity index (χ3v) is 3.44. The van der Waals surface area contributed by atoms with Crippen LogP contribution in [0.4, 0.5) is 4.39 Å². The molecule has 0 saturated heterocycles. The number of halogens is 1. The van der Waals surface area contributed by atoms with Gasteiger partial charge in [0.2, 0.25) is 0 Å². The Morgan fingerprint density at radius 2 is 1.76 bits per heavy atom. The van der Waals surface area contributed by atoms with Crippen molar-refractivity contribution in [3.05, 3.63) is 35.6 Å². The molecule has 0 unspecified atom stereocenters. The summed E-state index contributed by atoms with van der Waals surface area (Å²) >= 11 is 0. The molecule has 0 atom stereocenters. The van der Waals surface area contributed by atoms with Gasteiger partial charge in [-0.05, 0) is 63.1 Å². The van der Waals surface area contributed by atoms with Crippen molar-refractivity contribution in [3.63, 3.8) is 0 Å². The van der Waals surface area contributed by atoms with Crippen LogP contribution in [0.2, 0.25) is 0 Å². The molecular formula is C15H22FN. The summed E-state index contributed by atoms with van der Waals surface area (Å²) in [6, 6.07) is 6.93. The molecule has 1 N–H and O–H groups in total. The van der Waals surface area contributed by atoms with Crippen LogP contribution >= 0.6 is 0 Å². The lowest BCUT2D eigenvalue weighted by atomic mass is 9.95. The first kappa shape index (κ1) is 12.6. The number of hydrogen-bond donors (Lipinski definition) is 1. The van der Waals surface area contributed by atoms with Gasteiger partial charge in [-0.3, -0.25) is 0 Å². The lowest BCUT2D eigenvalue weighted by molar-refractivity contribution is 0.356. The van der Waals surface area contributed by atoms with E-state index in [4.69, 9.17) is 0 Å². The molecule has 94 valence electrons. The molecular weight excluding hydrogens is 213 g/mol. The molecule has 0 bridgehead atoms. The van der Waals surface area contributed by atoms with E-state index in [1.54, 1.807) is 12.1 Å². The Kier molecular flexibility index (Phi) is 3.26. The topological polar surface area (TPSA) is 12.0 Å². The molecule has 1 saturated carbocycles. The van der Waals surface area contributed by atoms with Crippen LogP contribution in [0, 0.1) is 11.2 Å². The second-order valence-electron chi connectivity index (χ2n) is 6.41. The molecule has 2 heteroatoms. The Hall–Kier alpha value is -0.890. The summed E-state index contributed by atoms with van der Waals surface area (Å²) in [7, 11) is 0. The van der Waals surface area contributed by atoms with E-state index in [0.717, 1.165) is 13.0 Å². The van der Waals surface area contributed by atoms with Gasteiger partial charge in [0.05, 0.1) is 0 Å². The minimum absolute atomic E-state index is 0.147. The zero-order valence-corrected chi connectivity index (χ0v) is 11.0. The van der Waals surface area contributed by atoms with Crippen molar-refractivity contribution in [2.75, 3.05) is 6.54 Å². The third kappa shape index (κ3) is 3.81. The average Bonchev–Trinajstić information content (AvgIpc) is 2.99. The van der Waals surface area contributed by atoms with Crippen LogP contribution in [-0.4, -0.2) is 12.1 Å². The Labute approximate surface area is 103 Å². The van der Waals surface area contributed by atoms with Gasteiger partial charge < -0.3 is 5.32 Å².